The van der Waals surface area contributed by atoms with Gasteiger partial charge >= 0.3 is 0 Å². The Morgan fingerprint density at radius 3 is 1.40 bits per heavy atom. The normalized spacial score (nSPS) is 14.7. The number of para-hydroxylation sites is 5. The van der Waals surface area contributed by atoms with Crippen LogP contribution in [0.15, 0.2) is 315 Å². The molecule has 3 aliphatic heterocycles. The first kappa shape index (κ1) is 40.3. The Labute approximate surface area is 500 Å². The van der Waals surface area contributed by atoms with E-state index in [1.54, 1.807) is 4.57 Å². The summed E-state index contributed by atoms with van der Waals surface area (Å²) in [4.78, 5) is 4.64. The maximum absolute atomic E-state index is 9.84. The number of ether oxygens (including phenoxy) is 1. The molecule has 14 aromatic rings. The smallest absolute Gasteiger partial charge is 0.252 e. The number of rotatable bonds is 8. The zero-order chi connectivity index (χ0) is 62.3. The number of benzene rings is 13. The van der Waals surface area contributed by atoms with Crippen LogP contribution in [0.5, 0.6) is 11.5 Å². The molecule has 4 nitrogen and oxygen atoms in total. The zero-order valence-corrected chi connectivity index (χ0v) is 45.2. The van der Waals surface area contributed by atoms with Crippen molar-refractivity contribution in [2.45, 2.75) is 5.41 Å². The fourth-order valence-electron chi connectivity index (χ4n) is 13.9. The number of nitrogens with zero attached hydrogens (tertiary/aromatic N) is 3. The van der Waals surface area contributed by atoms with Crippen LogP contribution >= 0.6 is 0 Å². The summed E-state index contributed by atoms with van der Waals surface area (Å²) < 4.78 is 84.4. The number of anilines is 6. The van der Waals surface area contributed by atoms with Crippen molar-refractivity contribution in [1.82, 2.24) is 4.57 Å². The van der Waals surface area contributed by atoms with Gasteiger partial charge in [-0.2, -0.15) is 0 Å². The molecule has 5 heteroatoms. The SMILES string of the molecule is [2H]c1c([2H])c([2H])c2c(c1[2H])c1c([2H])c([2H])c([2H])c([2H])c1n2-c1cc2c3c(c1)N(c1ccccc1-c1ccccc1)c1cc4c(cc1B3c1cc(-c3ccccc3)ccc1N2c1ccccc1-c1ccccc1)C(c1ccccc1)(c1ccccc1)c1ccccc1O4. The highest BCUT2D eigenvalue weighted by atomic mass is 16.5. The fourth-order valence-corrected chi connectivity index (χ4v) is 13.9. The molecule has 3 aliphatic rings. The average Bonchev–Trinajstić information content (AvgIpc) is 0.711. The highest BCUT2D eigenvalue weighted by Gasteiger charge is 2.50. The first-order valence-electron chi connectivity index (χ1n) is 32.4. The summed E-state index contributed by atoms with van der Waals surface area (Å²) in [5.74, 6) is 1.37. The number of fused-ring (bicyclic) bond motifs is 9. The van der Waals surface area contributed by atoms with Gasteiger partial charge in [-0.3, -0.25) is 0 Å². The van der Waals surface area contributed by atoms with E-state index >= 15 is 0 Å². The quantitative estimate of drug-likeness (QED) is 0.142. The largest absolute Gasteiger partial charge is 0.457 e. The standard InChI is InChI=1S/C79H52BN3O/c1-6-26-53(27-7-1)56-46-47-72-66(48-56)80-67-51-65-77(84-76-45-25-20-40-64(76)79(65,57-32-12-4-13-33-57)58-34-14-5-15-35-58)52-73(67)83(69-42-22-17-37-61(69)55-30-10-3-11-31-55)75-50-59(81-70-43-23-18-38-62(70)63-39-19-24-44-71(63)81)49-74(78(75)80)82(72)68-41-21-16-36-60(68)54-28-8-2-9-29-54/h1-52H/i18D,19D,23D,24D,38D,39D,43D,44D. The van der Waals surface area contributed by atoms with Crippen molar-refractivity contribution < 1.29 is 15.7 Å². The monoisotopic (exact) mass is 1080 g/mol. The predicted octanol–water partition coefficient (Wildman–Crippen LogP) is 18.4. The van der Waals surface area contributed by atoms with Crippen LogP contribution in [-0.4, -0.2) is 11.3 Å². The lowest BCUT2D eigenvalue weighted by molar-refractivity contribution is 0.435. The summed E-state index contributed by atoms with van der Waals surface area (Å²) in [6.45, 7) is -0.526. The Morgan fingerprint density at radius 1 is 0.345 bits per heavy atom. The molecule has 0 radical (unpaired) electrons. The van der Waals surface area contributed by atoms with Crippen molar-refractivity contribution in [2.24, 2.45) is 0 Å². The van der Waals surface area contributed by atoms with Crippen molar-refractivity contribution >= 4 is 79.0 Å². The number of hydrogen-bond acceptors (Lipinski definition) is 3. The van der Waals surface area contributed by atoms with E-state index in [-0.39, 0.29) is 33.9 Å². The molecule has 0 bridgehead atoms. The van der Waals surface area contributed by atoms with Gasteiger partial charge in [0.15, 0.2) is 0 Å². The van der Waals surface area contributed by atoms with Gasteiger partial charge in [-0.15, -0.1) is 0 Å². The third-order valence-electron chi connectivity index (χ3n) is 17.3. The second kappa shape index (κ2) is 19.1. The molecule has 0 saturated carbocycles. The summed E-state index contributed by atoms with van der Waals surface area (Å²) >= 11 is 0. The van der Waals surface area contributed by atoms with Crippen molar-refractivity contribution in [3.63, 3.8) is 0 Å². The molecule has 0 saturated heterocycles. The second-order valence-corrected chi connectivity index (χ2v) is 21.7. The van der Waals surface area contributed by atoms with Gasteiger partial charge in [0.05, 0.1) is 44.5 Å². The van der Waals surface area contributed by atoms with Gasteiger partial charge in [0.2, 0.25) is 0 Å². The Bertz CT molecular complexity index is 5270. The first-order valence-corrected chi connectivity index (χ1v) is 28.4. The topological polar surface area (TPSA) is 20.6 Å². The minimum atomic E-state index is -0.900. The molecule has 0 fully saturated rings. The molecule has 0 unspecified atom stereocenters. The van der Waals surface area contributed by atoms with Crippen LogP contribution in [-0.2, 0) is 5.41 Å². The maximum atomic E-state index is 9.84. The third kappa shape index (κ3) is 7.15. The van der Waals surface area contributed by atoms with Gasteiger partial charge in [-0.25, -0.2) is 0 Å². The van der Waals surface area contributed by atoms with E-state index in [0.29, 0.717) is 17.2 Å². The Kier molecular flexibility index (Phi) is 9.18. The van der Waals surface area contributed by atoms with Crippen LogP contribution in [0.2, 0.25) is 0 Å². The van der Waals surface area contributed by atoms with E-state index in [2.05, 4.69) is 216 Å². The van der Waals surface area contributed by atoms with E-state index in [0.717, 1.165) is 106 Å². The van der Waals surface area contributed by atoms with Crippen molar-refractivity contribution in [2.75, 3.05) is 9.80 Å². The van der Waals surface area contributed by atoms with Crippen LogP contribution in [0.25, 0.3) is 60.9 Å². The minimum absolute atomic E-state index is 0.00620. The Hall–Kier alpha value is -10.9. The molecule has 0 spiro atoms. The molecule has 84 heavy (non-hydrogen) atoms. The lowest BCUT2D eigenvalue weighted by Gasteiger charge is -2.47. The molecule has 4 heterocycles. The van der Waals surface area contributed by atoms with Crippen LogP contribution < -0.4 is 30.9 Å². The summed E-state index contributed by atoms with van der Waals surface area (Å²) in [6.07, 6.45) is 0. The molecule has 0 atom stereocenters. The third-order valence-corrected chi connectivity index (χ3v) is 17.3. The van der Waals surface area contributed by atoms with Gasteiger partial charge in [0.1, 0.15) is 11.5 Å². The fraction of sp³-hybridized carbons (Fsp3) is 0.0127. The summed E-state index contributed by atoms with van der Waals surface area (Å²) in [7, 11) is 0. The van der Waals surface area contributed by atoms with Gasteiger partial charge < -0.3 is 19.1 Å². The molecule has 0 N–H and O–H groups in total. The molecule has 17 rings (SSSR count). The van der Waals surface area contributed by atoms with Crippen molar-refractivity contribution in [3.8, 4) is 50.6 Å². The van der Waals surface area contributed by atoms with E-state index in [1.807, 2.05) is 60.7 Å². The van der Waals surface area contributed by atoms with Crippen LogP contribution in [0, 0.1) is 0 Å². The lowest BCUT2D eigenvalue weighted by atomic mass is 9.33. The van der Waals surface area contributed by atoms with E-state index in [9.17, 15) is 8.22 Å². The van der Waals surface area contributed by atoms with Crippen LogP contribution in [0.1, 0.15) is 33.2 Å². The zero-order valence-electron chi connectivity index (χ0n) is 53.2. The summed E-state index contributed by atoms with van der Waals surface area (Å²) in [6, 6.07) is 89.5. The molecule has 1 aromatic heterocycles. The molecule has 392 valence electrons. The molecule has 13 aromatic carbocycles. The lowest BCUT2D eigenvalue weighted by Crippen LogP contribution is -2.61. The van der Waals surface area contributed by atoms with Gasteiger partial charge in [0.25, 0.3) is 6.71 Å². The number of hydrogen-bond donors (Lipinski definition) is 0. The summed E-state index contributed by atoms with van der Waals surface area (Å²) in [5.41, 5.74) is 17.4. The van der Waals surface area contributed by atoms with Gasteiger partial charge in [-0.05, 0) is 98.3 Å². The minimum Gasteiger partial charge on any atom is -0.457 e. The maximum Gasteiger partial charge on any atom is 0.252 e. The van der Waals surface area contributed by atoms with Crippen LogP contribution in [0.3, 0.4) is 0 Å². The Morgan fingerprint density at radius 2 is 0.821 bits per heavy atom. The van der Waals surface area contributed by atoms with Crippen molar-refractivity contribution in [1.29, 1.82) is 0 Å². The van der Waals surface area contributed by atoms with Crippen LogP contribution in [0.4, 0.5) is 34.1 Å². The van der Waals surface area contributed by atoms with Crippen molar-refractivity contribution in [3.05, 3.63) is 338 Å². The molecule has 0 aliphatic carbocycles. The predicted molar refractivity (Wildman–Crippen MR) is 349 cm³/mol. The second-order valence-electron chi connectivity index (χ2n) is 21.7. The Balaban J connectivity index is 1.09. The van der Waals surface area contributed by atoms with Gasteiger partial charge in [0, 0.05) is 61.8 Å². The first-order chi connectivity index (χ1) is 45.0. The highest BCUT2D eigenvalue weighted by molar-refractivity contribution is 7.00. The molecular weight excluding hydrogens is 1020 g/mol. The van der Waals surface area contributed by atoms with E-state index in [4.69, 9.17) is 7.48 Å². The van der Waals surface area contributed by atoms with Gasteiger partial charge in [-0.1, -0.05) is 261 Å². The number of aromatic nitrogens is 1. The van der Waals surface area contributed by atoms with E-state index in [1.165, 1.54) is 0 Å². The average molecular weight is 1080 g/mol. The summed E-state index contributed by atoms with van der Waals surface area (Å²) in [5, 5.41) is -0.0124. The van der Waals surface area contributed by atoms with E-state index < -0.39 is 48.4 Å². The highest BCUT2D eigenvalue weighted by Crippen LogP contribution is 2.58. The molecular formula is C79H52BN3O. The molecule has 0 amide bonds.